The lowest BCUT2D eigenvalue weighted by Gasteiger charge is -2.06. The Kier molecular flexibility index (Phi) is 5.43. The lowest BCUT2D eigenvalue weighted by atomic mass is 10.2. The standard InChI is InChI=1S/C20H18N2O3S/c1-13-7-6-10-16(11-13)22-17(23)12-25-20(24)18-14(2)21-19(26-18)15-8-4-3-5-9-15/h3-11H,12H2,1-2H3,(H,22,23). The summed E-state index contributed by atoms with van der Waals surface area (Å²) in [5.41, 5.74) is 3.25. The van der Waals surface area contributed by atoms with Gasteiger partial charge in [-0.3, -0.25) is 4.79 Å². The fraction of sp³-hybridized carbons (Fsp3) is 0.150. The van der Waals surface area contributed by atoms with Gasteiger partial charge in [-0.2, -0.15) is 0 Å². The molecule has 0 saturated carbocycles. The van der Waals surface area contributed by atoms with Crippen LogP contribution in [0.4, 0.5) is 5.69 Å². The molecule has 0 aliphatic rings. The summed E-state index contributed by atoms with van der Waals surface area (Å²) >= 11 is 1.26. The number of nitrogens with one attached hydrogen (secondary N) is 1. The van der Waals surface area contributed by atoms with Crippen LogP contribution in [-0.4, -0.2) is 23.5 Å². The van der Waals surface area contributed by atoms with Gasteiger partial charge in [-0.25, -0.2) is 9.78 Å². The van der Waals surface area contributed by atoms with E-state index in [1.54, 1.807) is 13.0 Å². The molecule has 0 saturated heterocycles. The topological polar surface area (TPSA) is 68.3 Å². The zero-order valence-corrected chi connectivity index (χ0v) is 15.3. The average Bonchev–Trinajstić information content (AvgIpc) is 3.02. The average molecular weight is 366 g/mol. The molecule has 0 aliphatic heterocycles. The predicted molar refractivity (Wildman–Crippen MR) is 102 cm³/mol. The molecule has 26 heavy (non-hydrogen) atoms. The molecule has 0 radical (unpaired) electrons. The van der Waals surface area contributed by atoms with E-state index in [1.165, 1.54) is 11.3 Å². The molecule has 3 rings (SSSR count). The van der Waals surface area contributed by atoms with Gasteiger partial charge in [0.15, 0.2) is 6.61 Å². The van der Waals surface area contributed by atoms with Crippen molar-refractivity contribution in [3.8, 4) is 10.6 Å². The van der Waals surface area contributed by atoms with Gasteiger partial charge in [0.1, 0.15) is 9.88 Å². The van der Waals surface area contributed by atoms with Gasteiger partial charge >= 0.3 is 5.97 Å². The van der Waals surface area contributed by atoms with E-state index in [9.17, 15) is 9.59 Å². The van der Waals surface area contributed by atoms with Gasteiger partial charge in [0, 0.05) is 11.3 Å². The molecule has 2 aromatic carbocycles. The quantitative estimate of drug-likeness (QED) is 0.687. The molecule has 3 aromatic rings. The molecule has 0 atom stereocenters. The molecule has 0 spiro atoms. The number of esters is 1. The molecule has 1 aromatic heterocycles. The molecular formula is C20H18N2O3S. The van der Waals surface area contributed by atoms with E-state index in [1.807, 2.05) is 55.5 Å². The Morgan fingerprint density at radius 2 is 1.85 bits per heavy atom. The number of thiazole rings is 1. The first-order valence-electron chi connectivity index (χ1n) is 8.09. The van der Waals surface area contributed by atoms with Gasteiger partial charge in [0.05, 0.1) is 5.69 Å². The number of rotatable bonds is 5. The van der Waals surface area contributed by atoms with Crippen LogP contribution in [0.1, 0.15) is 20.9 Å². The lowest BCUT2D eigenvalue weighted by Crippen LogP contribution is -2.20. The second-order valence-corrected chi connectivity index (χ2v) is 6.79. The van der Waals surface area contributed by atoms with Crippen molar-refractivity contribution in [3.63, 3.8) is 0 Å². The third-order valence-corrected chi connectivity index (χ3v) is 4.83. The second kappa shape index (κ2) is 7.93. The Bertz CT molecular complexity index is 935. The van der Waals surface area contributed by atoms with E-state index in [0.717, 1.165) is 16.1 Å². The van der Waals surface area contributed by atoms with E-state index < -0.39 is 5.97 Å². The van der Waals surface area contributed by atoms with Crippen LogP contribution in [0.2, 0.25) is 0 Å². The molecule has 1 heterocycles. The summed E-state index contributed by atoms with van der Waals surface area (Å²) in [7, 11) is 0. The van der Waals surface area contributed by atoms with Gasteiger partial charge in [0.2, 0.25) is 0 Å². The summed E-state index contributed by atoms with van der Waals surface area (Å²) in [6, 6.07) is 17.0. The Morgan fingerprint density at radius 3 is 2.58 bits per heavy atom. The summed E-state index contributed by atoms with van der Waals surface area (Å²) in [6.45, 7) is 3.35. The fourth-order valence-electron chi connectivity index (χ4n) is 2.41. The molecule has 1 N–H and O–H groups in total. The number of aryl methyl sites for hydroxylation is 2. The first-order chi connectivity index (χ1) is 12.5. The highest BCUT2D eigenvalue weighted by Gasteiger charge is 2.18. The maximum Gasteiger partial charge on any atom is 0.350 e. The Hall–Kier alpha value is -2.99. The predicted octanol–water partition coefficient (Wildman–Crippen LogP) is 4.22. The van der Waals surface area contributed by atoms with Crippen molar-refractivity contribution in [2.24, 2.45) is 0 Å². The molecule has 0 unspecified atom stereocenters. The SMILES string of the molecule is Cc1cccc(NC(=O)COC(=O)c2sc(-c3ccccc3)nc2C)c1. The van der Waals surface area contributed by atoms with Crippen LogP contribution in [0.3, 0.4) is 0 Å². The third kappa shape index (κ3) is 4.34. The molecular weight excluding hydrogens is 348 g/mol. The van der Waals surface area contributed by atoms with Gasteiger partial charge in [-0.15, -0.1) is 11.3 Å². The number of benzene rings is 2. The fourth-order valence-corrected chi connectivity index (χ4v) is 3.37. The Labute approximate surface area is 155 Å². The normalized spacial score (nSPS) is 10.4. The van der Waals surface area contributed by atoms with Crippen LogP contribution in [0.25, 0.3) is 10.6 Å². The number of anilines is 1. The number of hydrogen-bond donors (Lipinski definition) is 1. The highest BCUT2D eigenvalue weighted by molar-refractivity contribution is 7.17. The minimum absolute atomic E-state index is 0.342. The summed E-state index contributed by atoms with van der Waals surface area (Å²) in [5.74, 6) is -0.920. The summed E-state index contributed by atoms with van der Waals surface area (Å²) in [6.07, 6.45) is 0. The lowest BCUT2D eigenvalue weighted by molar-refractivity contribution is -0.119. The van der Waals surface area contributed by atoms with Crippen LogP contribution < -0.4 is 5.32 Å². The molecule has 0 aliphatic carbocycles. The molecule has 0 fully saturated rings. The smallest absolute Gasteiger partial charge is 0.350 e. The number of nitrogens with zero attached hydrogens (tertiary/aromatic N) is 1. The van der Waals surface area contributed by atoms with Crippen molar-refractivity contribution in [2.45, 2.75) is 13.8 Å². The number of carbonyl (C=O) groups is 2. The third-order valence-electron chi connectivity index (χ3n) is 3.64. The zero-order chi connectivity index (χ0) is 18.5. The highest BCUT2D eigenvalue weighted by atomic mass is 32.1. The van der Waals surface area contributed by atoms with Crippen molar-refractivity contribution < 1.29 is 14.3 Å². The Morgan fingerprint density at radius 1 is 1.08 bits per heavy atom. The van der Waals surface area contributed by atoms with Crippen molar-refractivity contribution in [1.29, 1.82) is 0 Å². The summed E-state index contributed by atoms with van der Waals surface area (Å²) in [5, 5.41) is 3.46. The number of ether oxygens (including phenoxy) is 1. The number of aromatic nitrogens is 1. The minimum atomic E-state index is -0.540. The number of amides is 1. The number of hydrogen-bond acceptors (Lipinski definition) is 5. The Balaban J connectivity index is 1.61. The molecule has 1 amide bonds. The van der Waals surface area contributed by atoms with E-state index >= 15 is 0 Å². The zero-order valence-electron chi connectivity index (χ0n) is 14.5. The van der Waals surface area contributed by atoms with Gasteiger partial charge in [0.25, 0.3) is 5.91 Å². The minimum Gasteiger partial charge on any atom is -0.451 e. The van der Waals surface area contributed by atoms with Crippen molar-refractivity contribution in [3.05, 3.63) is 70.7 Å². The molecule has 132 valence electrons. The highest BCUT2D eigenvalue weighted by Crippen LogP contribution is 2.28. The summed E-state index contributed by atoms with van der Waals surface area (Å²) in [4.78, 5) is 29.1. The van der Waals surface area contributed by atoms with Crippen molar-refractivity contribution in [2.75, 3.05) is 11.9 Å². The second-order valence-electron chi connectivity index (χ2n) is 5.79. The van der Waals surface area contributed by atoms with Gasteiger partial charge in [-0.1, -0.05) is 42.5 Å². The van der Waals surface area contributed by atoms with Crippen molar-refractivity contribution >= 4 is 28.9 Å². The first kappa shape index (κ1) is 17.8. The molecule has 6 heteroatoms. The summed E-state index contributed by atoms with van der Waals surface area (Å²) < 4.78 is 5.14. The van der Waals surface area contributed by atoms with Crippen LogP contribution in [0, 0.1) is 13.8 Å². The molecule has 5 nitrogen and oxygen atoms in total. The number of carbonyl (C=O) groups excluding carboxylic acids is 2. The molecule has 0 bridgehead atoms. The van der Waals surface area contributed by atoms with Crippen LogP contribution in [0.5, 0.6) is 0 Å². The first-order valence-corrected chi connectivity index (χ1v) is 8.91. The van der Waals surface area contributed by atoms with E-state index in [-0.39, 0.29) is 12.5 Å². The van der Waals surface area contributed by atoms with Gasteiger partial charge < -0.3 is 10.1 Å². The van der Waals surface area contributed by atoms with E-state index in [2.05, 4.69) is 10.3 Å². The van der Waals surface area contributed by atoms with Crippen LogP contribution in [-0.2, 0) is 9.53 Å². The largest absolute Gasteiger partial charge is 0.451 e. The van der Waals surface area contributed by atoms with E-state index in [4.69, 9.17) is 4.74 Å². The van der Waals surface area contributed by atoms with Crippen molar-refractivity contribution in [1.82, 2.24) is 4.98 Å². The van der Waals surface area contributed by atoms with Crippen LogP contribution >= 0.6 is 11.3 Å². The van der Waals surface area contributed by atoms with E-state index in [0.29, 0.717) is 16.3 Å². The monoisotopic (exact) mass is 366 g/mol. The van der Waals surface area contributed by atoms with Gasteiger partial charge in [-0.05, 0) is 31.5 Å². The maximum atomic E-state index is 12.3. The van der Waals surface area contributed by atoms with Crippen LogP contribution in [0.15, 0.2) is 54.6 Å². The maximum absolute atomic E-state index is 12.3.